The van der Waals surface area contributed by atoms with Crippen molar-refractivity contribution in [2.24, 2.45) is 0 Å². The summed E-state index contributed by atoms with van der Waals surface area (Å²) in [6, 6.07) is 2.96. The van der Waals surface area contributed by atoms with Gasteiger partial charge in [-0.15, -0.1) is 0 Å². The molecule has 39 heavy (non-hydrogen) atoms. The molecule has 0 aliphatic carbocycles. The molecule has 0 saturated carbocycles. The Morgan fingerprint density at radius 2 is 2.10 bits per heavy atom. The summed E-state index contributed by atoms with van der Waals surface area (Å²) in [4.78, 5) is 14.3. The van der Waals surface area contributed by atoms with Crippen molar-refractivity contribution in [3.8, 4) is 0 Å². The third kappa shape index (κ3) is 6.62. The molecule has 1 N–H and O–H groups in total. The van der Waals surface area contributed by atoms with Gasteiger partial charge in [-0.25, -0.2) is 13.1 Å². The molecule has 2 saturated heterocycles. The van der Waals surface area contributed by atoms with E-state index in [1.165, 1.54) is 37.3 Å². The van der Waals surface area contributed by atoms with Gasteiger partial charge in [0.25, 0.3) is 5.91 Å². The van der Waals surface area contributed by atoms with Gasteiger partial charge in [-0.05, 0) is 31.5 Å². The van der Waals surface area contributed by atoms with Crippen molar-refractivity contribution < 1.29 is 40.7 Å². The first-order valence-corrected chi connectivity index (χ1v) is 12.6. The molecule has 210 valence electrons. The minimum Gasteiger partial charge on any atom is -0.502 e. The number of benzene rings is 1. The number of nitrogens with zero attached hydrogens (tertiary/aromatic N) is 3. The number of hydrogen-bond acceptors (Lipinski definition) is 8. The van der Waals surface area contributed by atoms with Crippen molar-refractivity contribution >= 4 is 29.4 Å². The normalized spacial score (nSPS) is 21.7. The second-order valence-electron chi connectivity index (χ2n) is 8.60. The van der Waals surface area contributed by atoms with Gasteiger partial charge in [-0.3, -0.25) is 9.52 Å². The Labute approximate surface area is 225 Å². The fraction of sp³-hybridized carbons (Fsp3) is 0.360. The Kier molecular flexibility index (Phi) is 8.97. The highest BCUT2D eigenvalue weighted by Gasteiger charge is 2.42. The van der Waals surface area contributed by atoms with Crippen LogP contribution in [0.25, 0.3) is 5.57 Å². The van der Waals surface area contributed by atoms with Crippen LogP contribution in [0.3, 0.4) is 0 Å². The Balaban J connectivity index is 1.57. The number of nitrogens with one attached hydrogen (secondary N) is 1. The number of halogens is 5. The lowest BCUT2D eigenvalue weighted by atomic mass is 9.97. The van der Waals surface area contributed by atoms with Gasteiger partial charge in [0.2, 0.25) is 0 Å². The largest absolute Gasteiger partial charge is 0.502 e. The van der Waals surface area contributed by atoms with Gasteiger partial charge in [-0.1, -0.05) is 11.2 Å². The van der Waals surface area contributed by atoms with Crippen LogP contribution < -0.4 is 4.72 Å². The van der Waals surface area contributed by atoms with Gasteiger partial charge < -0.3 is 18.9 Å². The summed E-state index contributed by atoms with van der Waals surface area (Å²) in [5, 5.41) is 3.78. The minimum atomic E-state index is -4.74. The van der Waals surface area contributed by atoms with E-state index < -0.39 is 52.6 Å². The fourth-order valence-corrected chi connectivity index (χ4v) is 5.13. The Bertz CT molecular complexity index is 1270. The highest BCUT2D eigenvalue weighted by molar-refractivity contribution is 7.98. The number of morpholine rings is 1. The van der Waals surface area contributed by atoms with Crippen molar-refractivity contribution in [2.75, 3.05) is 31.5 Å². The second-order valence-corrected chi connectivity index (χ2v) is 9.50. The Hall–Kier alpha value is -3.36. The van der Waals surface area contributed by atoms with E-state index in [9.17, 15) is 22.4 Å². The number of anilines is 1. The molecular formula is C25H25F5N4O4S. The zero-order valence-corrected chi connectivity index (χ0v) is 21.7. The molecule has 1 amide bonds. The van der Waals surface area contributed by atoms with Crippen molar-refractivity contribution in [1.29, 1.82) is 0 Å². The summed E-state index contributed by atoms with van der Waals surface area (Å²) in [7, 11) is 1.31. The van der Waals surface area contributed by atoms with Crippen LogP contribution in [0.4, 0.5) is 27.8 Å². The molecule has 0 bridgehead atoms. The number of hydrogen-bond donors (Lipinski definition) is 1. The summed E-state index contributed by atoms with van der Waals surface area (Å²) in [5.74, 6) is -1.98. The number of ether oxygens (including phenoxy) is 2. The molecular weight excluding hydrogens is 547 g/mol. The van der Waals surface area contributed by atoms with Gasteiger partial charge in [-0.2, -0.15) is 13.2 Å². The van der Waals surface area contributed by atoms with Crippen molar-refractivity contribution in [3.63, 3.8) is 0 Å². The highest BCUT2D eigenvalue weighted by Crippen LogP contribution is 2.36. The van der Waals surface area contributed by atoms with E-state index in [2.05, 4.69) is 9.88 Å². The molecule has 2 aliphatic rings. The van der Waals surface area contributed by atoms with Crippen LogP contribution in [0.5, 0.6) is 0 Å². The summed E-state index contributed by atoms with van der Waals surface area (Å²) >= 11 is 1.29. The maximum atomic E-state index is 15.6. The van der Waals surface area contributed by atoms with Gasteiger partial charge >= 0.3 is 6.18 Å². The molecule has 1 aromatic carbocycles. The molecule has 4 rings (SSSR count). The van der Waals surface area contributed by atoms with Crippen molar-refractivity contribution in [3.05, 3.63) is 77.4 Å². The number of fused-ring (bicyclic) bond motifs is 1. The van der Waals surface area contributed by atoms with E-state index in [0.717, 1.165) is 18.4 Å². The SMILES string of the molecule is C\C=C(/C(F)=C\C(=C\OC)N1C(=O)COC2CN(SNc3ccon3)CCC21)c1cc(C(F)(F)F)ccc1F. The molecule has 1 aromatic heterocycles. The zero-order valence-electron chi connectivity index (χ0n) is 20.9. The molecule has 0 spiro atoms. The number of carbonyl (C=O) groups is 1. The fourth-order valence-electron chi connectivity index (χ4n) is 4.38. The smallest absolute Gasteiger partial charge is 0.416 e. The zero-order chi connectivity index (χ0) is 28.2. The Morgan fingerprint density at radius 3 is 2.77 bits per heavy atom. The standard InChI is InChI=1S/C25H25F5N4O4S/c1-3-17(18-10-15(25(28,29)30)4-5-19(18)26)20(27)11-16(13-36-2)34-21-6-8-33(12-22(21)37-14-24(34)35)39-32-23-7-9-38-31-23/h3-5,7,9-11,13,21-22H,6,8,12,14H2,1-2H3,(H,31,32)/b16-13-,17-3-,20-11+. The quantitative estimate of drug-likeness (QED) is 0.191. The van der Waals surface area contributed by atoms with Gasteiger partial charge in [0.1, 0.15) is 30.8 Å². The monoisotopic (exact) mass is 572 g/mol. The van der Waals surface area contributed by atoms with Crippen molar-refractivity contribution in [2.45, 2.75) is 31.7 Å². The number of aromatic nitrogens is 1. The molecule has 2 atom stereocenters. The molecule has 8 nitrogen and oxygen atoms in total. The summed E-state index contributed by atoms with van der Waals surface area (Å²) < 4.78 is 90.4. The van der Waals surface area contributed by atoms with E-state index in [4.69, 9.17) is 14.0 Å². The summed E-state index contributed by atoms with van der Waals surface area (Å²) in [6.45, 7) is 2.06. The molecule has 2 aromatic rings. The predicted molar refractivity (Wildman–Crippen MR) is 134 cm³/mol. The molecule has 0 radical (unpaired) electrons. The number of allylic oxidation sites excluding steroid dienone is 4. The second kappa shape index (κ2) is 12.2. The lowest BCUT2D eigenvalue weighted by Crippen LogP contribution is -2.59. The van der Waals surface area contributed by atoms with E-state index in [1.807, 2.05) is 4.31 Å². The maximum absolute atomic E-state index is 15.6. The first-order valence-electron chi connectivity index (χ1n) is 11.8. The van der Waals surface area contributed by atoms with Gasteiger partial charge in [0.05, 0.1) is 30.5 Å². The number of alkyl halides is 3. The third-order valence-corrected chi connectivity index (χ3v) is 7.04. The van der Waals surface area contributed by atoms with Crippen LogP contribution in [-0.4, -0.2) is 59.2 Å². The number of amides is 1. The van der Waals surface area contributed by atoms with E-state index >= 15 is 4.39 Å². The molecule has 2 unspecified atom stereocenters. The predicted octanol–water partition coefficient (Wildman–Crippen LogP) is 5.55. The first-order chi connectivity index (χ1) is 18.6. The lowest BCUT2D eigenvalue weighted by molar-refractivity contribution is -0.156. The van der Waals surface area contributed by atoms with Crippen molar-refractivity contribution in [1.82, 2.24) is 14.4 Å². The van der Waals surface area contributed by atoms with E-state index in [1.54, 1.807) is 6.07 Å². The molecule has 3 heterocycles. The number of carbonyl (C=O) groups excluding carboxylic acids is 1. The number of methoxy groups -OCH3 is 1. The van der Waals surface area contributed by atoms with Crippen LogP contribution in [0.1, 0.15) is 24.5 Å². The summed E-state index contributed by atoms with van der Waals surface area (Å²) in [5.41, 5.74) is -2.06. The Morgan fingerprint density at radius 1 is 1.31 bits per heavy atom. The highest BCUT2D eigenvalue weighted by atomic mass is 32.2. The third-order valence-electron chi connectivity index (χ3n) is 6.15. The van der Waals surface area contributed by atoms with E-state index in [-0.39, 0.29) is 12.3 Å². The first kappa shape index (κ1) is 28.6. The average Bonchev–Trinajstić information content (AvgIpc) is 3.42. The number of piperidine rings is 1. The van der Waals surface area contributed by atoms with Crippen LogP contribution >= 0.6 is 12.1 Å². The summed E-state index contributed by atoms with van der Waals surface area (Å²) in [6.07, 6.45) is -0.0124. The topological polar surface area (TPSA) is 80.1 Å². The van der Waals surface area contributed by atoms with Crippen LogP contribution in [0.2, 0.25) is 0 Å². The molecule has 2 aliphatic heterocycles. The van der Waals surface area contributed by atoms with Gasteiger partial charge in [0, 0.05) is 48.5 Å². The van der Waals surface area contributed by atoms with Crippen LogP contribution in [-0.2, 0) is 20.4 Å². The van der Waals surface area contributed by atoms with E-state index in [0.29, 0.717) is 43.5 Å². The minimum absolute atomic E-state index is 0.0202. The molecule has 14 heteroatoms. The van der Waals surface area contributed by atoms with Gasteiger partial charge in [0.15, 0.2) is 5.82 Å². The number of rotatable bonds is 8. The van der Waals surface area contributed by atoms with Crippen LogP contribution in [0.15, 0.2) is 65.0 Å². The maximum Gasteiger partial charge on any atom is 0.416 e. The molecule has 2 fully saturated rings. The lowest BCUT2D eigenvalue weighted by Gasteiger charge is -2.46. The van der Waals surface area contributed by atoms with Crippen LogP contribution in [0, 0.1) is 5.82 Å². The average molecular weight is 573 g/mol.